The highest BCUT2D eigenvalue weighted by atomic mass is 24.3. The lowest BCUT2D eigenvalue weighted by molar-refractivity contribution is 1.41. The number of nitrogens with zero attached hydrogens (tertiary/aromatic N) is 1. The molecule has 1 aromatic heterocycles. The minimum atomic E-state index is 0. The predicted octanol–water partition coefficient (Wildman–Crippen LogP) is 1.12. The number of hydrogen-bond donors (Lipinski definition) is 0. The third kappa shape index (κ3) is 1.70. The summed E-state index contributed by atoms with van der Waals surface area (Å²) in [6.45, 7) is 0. The molecule has 0 saturated heterocycles. The summed E-state index contributed by atoms with van der Waals surface area (Å²) in [5.41, 5.74) is 0.935. The van der Waals surface area contributed by atoms with Crippen molar-refractivity contribution < 1.29 is 0 Å². The molecular formula is C9H8MgN. The molecule has 1 nitrogen and oxygen atoms in total. The van der Waals surface area contributed by atoms with Crippen molar-refractivity contribution in [3.63, 3.8) is 0 Å². The first-order chi connectivity index (χ1) is 4.97. The topological polar surface area (TPSA) is 12.9 Å². The van der Waals surface area contributed by atoms with Gasteiger partial charge in [0.2, 0.25) is 0 Å². The lowest BCUT2D eigenvalue weighted by Gasteiger charge is -1.90. The molecule has 0 unspecified atom stereocenters. The second-order valence-corrected chi connectivity index (χ2v) is 2.11. The zero-order valence-electron chi connectivity index (χ0n) is 5.41. The van der Waals surface area contributed by atoms with Gasteiger partial charge < -0.3 is 0 Å². The van der Waals surface area contributed by atoms with Gasteiger partial charge in [-0.05, 0) is 6.07 Å². The lowest BCUT2D eigenvalue weighted by Crippen LogP contribution is -1.74. The van der Waals surface area contributed by atoms with Crippen LogP contribution in [0.2, 0.25) is 0 Å². The number of fused-ring (bicyclic) bond motifs is 1. The Morgan fingerprint density at radius 2 is 2.00 bits per heavy atom. The van der Waals surface area contributed by atoms with Crippen LogP contribution in [0.5, 0.6) is 0 Å². The van der Waals surface area contributed by atoms with Gasteiger partial charge in [0.15, 0.2) is 0 Å². The summed E-state index contributed by atoms with van der Waals surface area (Å²) in [6, 6.07) is 12.9. The summed E-state index contributed by atoms with van der Waals surface area (Å²) in [6.07, 6.45) is 1.78. The average molecular weight is 154 g/mol. The molecule has 0 aliphatic rings. The molecule has 0 amide bonds. The molecule has 0 N–H and O–H groups in total. The van der Waals surface area contributed by atoms with E-state index >= 15 is 0 Å². The Balaban J connectivity index is 0.000000605. The van der Waals surface area contributed by atoms with E-state index < -0.39 is 0 Å². The van der Waals surface area contributed by atoms with Gasteiger partial charge in [0.1, 0.15) is 0 Å². The minimum absolute atomic E-state index is 0. The Morgan fingerprint density at radius 1 is 1.18 bits per heavy atom. The van der Waals surface area contributed by atoms with Gasteiger partial charge in [0.25, 0.3) is 0 Å². The first-order valence-electron chi connectivity index (χ1n) is 3.18. The van der Waals surface area contributed by atoms with Crippen LogP contribution in [0.15, 0.2) is 36.5 Å². The highest BCUT2D eigenvalue weighted by Gasteiger charge is 1.87. The average Bonchev–Trinajstić information content (AvgIpc) is 2.05. The van der Waals surface area contributed by atoms with Crippen LogP contribution in [0.4, 0.5) is 0 Å². The van der Waals surface area contributed by atoms with Gasteiger partial charge in [-0.25, -0.2) is 0 Å². The molecular weight excluding hydrogens is 146 g/mol. The van der Waals surface area contributed by atoms with Crippen LogP contribution >= 0.6 is 0 Å². The fourth-order valence-corrected chi connectivity index (χ4v) is 0.952. The Bertz CT molecular complexity index is 281. The van der Waals surface area contributed by atoms with Crippen molar-refractivity contribution in [1.82, 2.24) is 4.98 Å². The fourth-order valence-electron chi connectivity index (χ4n) is 0.952. The fraction of sp³-hybridized carbons (Fsp3) is 0. The molecule has 0 bridgehead atoms. The van der Waals surface area contributed by atoms with E-state index in [9.17, 15) is 0 Å². The smallest absolute Gasteiger partial charge is 0.256 e. The third-order valence-electron chi connectivity index (χ3n) is 1.43. The molecule has 0 saturated carbocycles. The van der Waals surface area contributed by atoms with Crippen LogP contribution in [0.25, 0.3) is 10.9 Å². The highest BCUT2D eigenvalue weighted by Crippen LogP contribution is 2.07. The summed E-state index contributed by atoms with van der Waals surface area (Å²) in [5.74, 6) is 0. The van der Waals surface area contributed by atoms with E-state index in [0.29, 0.717) is 0 Å². The van der Waals surface area contributed by atoms with Crippen molar-refractivity contribution >= 4 is 34.0 Å². The molecule has 0 atom stereocenters. The first kappa shape index (κ1) is 8.49. The SMILES string of the molecule is [MgH2].[c]1cccc2cccnc12. The number of hydrogen-bond acceptors (Lipinski definition) is 1. The van der Waals surface area contributed by atoms with E-state index in [2.05, 4.69) is 11.1 Å². The van der Waals surface area contributed by atoms with Crippen LogP contribution in [0.3, 0.4) is 0 Å². The summed E-state index contributed by atoms with van der Waals surface area (Å²) < 4.78 is 0. The van der Waals surface area contributed by atoms with Gasteiger partial charge >= 0.3 is 23.1 Å². The molecule has 2 heteroatoms. The molecule has 11 heavy (non-hydrogen) atoms. The Hall–Kier alpha value is -0.604. The van der Waals surface area contributed by atoms with Crippen molar-refractivity contribution in [3.05, 3.63) is 42.6 Å². The van der Waals surface area contributed by atoms with E-state index in [1.54, 1.807) is 6.20 Å². The number of pyridine rings is 1. The molecule has 0 spiro atoms. The zero-order valence-corrected chi connectivity index (χ0v) is 5.41. The molecule has 1 radical (unpaired) electrons. The summed E-state index contributed by atoms with van der Waals surface area (Å²) >= 11 is 0. The van der Waals surface area contributed by atoms with Crippen molar-refractivity contribution in [3.8, 4) is 0 Å². The van der Waals surface area contributed by atoms with Crippen LogP contribution < -0.4 is 0 Å². The van der Waals surface area contributed by atoms with Gasteiger partial charge in [-0.15, -0.1) is 0 Å². The quantitative estimate of drug-likeness (QED) is 0.518. The monoisotopic (exact) mass is 154 g/mol. The van der Waals surface area contributed by atoms with Crippen molar-refractivity contribution in [2.45, 2.75) is 0 Å². The molecule has 0 aliphatic heterocycles. The largest absolute Gasteiger partial charge is 0.316 e. The lowest BCUT2D eigenvalue weighted by atomic mass is 10.2. The predicted molar refractivity (Wildman–Crippen MR) is 49.1 cm³/mol. The molecule has 0 fully saturated rings. The molecule has 51 valence electrons. The van der Waals surface area contributed by atoms with Gasteiger partial charge in [0, 0.05) is 17.6 Å². The first-order valence-corrected chi connectivity index (χ1v) is 3.18. The van der Waals surface area contributed by atoms with E-state index in [4.69, 9.17) is 0 Å². The standard InChI is InChI=1S/C9H6N.Mg.2H/c1-2-6-9-8(4-1)5-3-7-10-9;;;/h1-5,7H;;;. The van der Waals surface area contributed by atoms with Crippen LogP contribution in [0, 0.1) is 6.07 Å². The Morgan fingerprint density at radius 3 is 2.82 bits per heavy atom. The highest BCUT2D eigenvalue weighted by molar-refractivity contribution is 5.77. The summed E-state index contributed by atoms with van der Waals surface area (Å²) in [7, 11) is 0. The third-order valence-corrected chi connectivity index (χ3v) is 1.43. The second kappa shape index (κ2) is 3.69. The molecule has 2 aromatic rings. The van der Waals surface area contributed by atoms with Crippen LogP contribution in [0.1, 0.15) is 0 Å². The molecule has 2 rings (SSSR count). The van der Waals surface area contributed by atoms with Gasteiger partial charge in [-0.2, -0.15) is 0 Å². The summed E-state index contributed by atoms with van der Waals surface area (Å²) in [4.78, 5) is 4.13. The number of aromatic nitrogens is 1. The number of benzene rings is 1. The van der Waals surface area contributed by atoms with Crippen molar-refractivity contribution in [2.75, 3.05) is 0 Å². The maximum Gasteiger partial charge on any atom is 0.316 e. The molecule has 1 aromatic carbocycles. The van der Waals surface area contributed by atoms with Crippen LogP contribution in [-0.4, -0.2) is 28.0 Å². The zero-order chi connectivity index (χ0) is 6.81. The number of para-hydroxylation sites is 1. The Kier molecular flexibility index (Phi) is 2.85. The van der Waals surface area contributed by atoms with E-state index in [-0.39, 0.29) is 23.1 Å². The summed E-state index contributed by atoms with van der Waals surface area (Å²) in [5, 5.41) is 1.14. The second-order valence-electron chi connectivity index (χ2n) is 2.11. The maximum absolute atomic E-state index is 4.13. The van der Waals surface area contributed by atoms with Gasteiger partial charge in [-0.1, -0.05) is 24.3 Å². The van der Waals surface area contributed by atoms with E-state index in [1.807, 2.05) is 30.3 Å². The molecule has 1 heterocycles. The van der Waals surface area contributed by atoms with Gasteiger partial charge in [0.05, 0.1) is 5.52 Å². The number of rotatable bonds is 0. The van der Waals surface area contributed by atoms with Gasteiger partial charge in [-0.3, -0.25) is 4.98 Å². The van der Waals surface area contributed by atoms with Crippen molar-refractivity contribution in [2.24, 2.45) is 0 Å². The minimum Gasteiger partial charge on any atom is -0.256 e. The van der Waals surface area contributed by atoms with Crippen molar-refractivity contribution in [1.29, 1.82) is 0 Å². The van der Waals surface area contributed by atoms with E-state index in [0.717, 1.165) is 10.9 Å². The normalized spacial score (nSPS) is 9.09. The maximum atomic E-state index is 4.13. The van der Waals surface area contributed by atoms with E-state index in [1.165, 1.54) is 0 Å². The van der Waals surface area contributed by atoms with Crippen LogP contribution in [-0.2, 0) is 0 Å². The Labute approximate surface area is 81.6 Å². The molecule has 0 aliphatic carbocycles.